The zero-order valence-corrected chi connectivity index (χ0v) is 9.41. The molecule has 1 aromatic carbocycles. The van der Waals surface area contributed by atoms with E-state index in [-0.39, 0.29) is 12.7 Å². The van der Waals surface area contributed by atoms with Gasteiger partial charge in [-0.25, -0.2) is 0 Å². The number of aliphatic hydroxyl groups excluding tert-OH is 2. The summed E-state index contributed by atoms with van der Waals surface area (Å²) in [6.07, 6.45) is 1.58. The van der Waals surface area contributed by atoms with Gasteiger partial charge in [-0.3, -0.25) is 0 Å². The van der Waals surface area contributed by atoms with Crippen LogP contribution in [0.1, 0.15) is 29.2 Å². The van der Waals surface area contributed by atoms with Gasteiger partial charge in [0.05, 0.1) is 12.7 Å². The molecule has 1 heterocycles. The predicted octanol–water partition coefficient (Wildman–Crippen LogP) is 2.11. The van der Waals surface area contributed by atoms with Gasteiger partial charge in [0, 0.05) is 5.25 Å². The van der Waals surface area contributed by atoms with Gasteiger partial charge >= 0.3 is 0 Å². The summed E-state index contributed by atoms with van der Waals surface area (Å²) in [5.74, 6) is 1.02. The van der Waals surface area contributed by atoms with Gasteiger partial charge in [-0.15, -0.1) is 0 Å². The van der Waals surface area contributed by atoms with E-state index in [9.17, 15) is 5.11 Å². The van der Waals surface area contributed by atoms with Gasteiger partial charge in [-0.2, -0.15) is 11.8 Å². The molecule has 3 heteroatoms. The molecule has 0 aromatic heterocycles. The van der Waals surface area contributed by atoms with E-state index in [1.807, 2.05) is 30.0 Å². The molecule has 0 radical (unpaired) electrons. The maximum atomic E-state index is 9.60. The Labute approximate surface area is 94.3 Å². The standard InChI is InChI=1S/C12H16O2S/c13-8-9-2-1-3-10(6-9)12-7-11(14)4-5-15-12/h1-3,6,11-14H,4-5,7-8H2. The first-order chi connectivity index (χ1) is 7.29. The van der Waals surface area contributed by atoms with Crippen LogP contribution in [0.15, 0.2) is 24.3 Å². The van der Waals surface area contributed by atoms with Crippen molar-refractivity contribution in [2.24, 2.45) is 0 Å². The first-order valence-electron chi connectivity index (χ1n) is 5.29. The third kappa shape index (κ3) is 2.74. The summed E-state index contributed by atoms with van der Waals surface area (Å²) in [7, 11) is 0. The molecule has 15 heavy (non-hydrogen) atoms. The number of thioether (sulfide) groups is 1. The summed E-state index contributed by atoms with van der Waals surface area (Å²) < 4.78 is 0. The van der Waals surface area contributed by atoms with Crippen molar-refractivity contribution in [3.05, 3.63) is 35.4 Å². The summed E-state index contributed by atoms with van der Waals surface area (Å²) in [6, 6.07) is 8.01. The molecular formula is C12H16O2S. The molecule has 82 valence electrons. The van der Waals surface area contributed by atoms with Gasteiger partial charge in [-0.05, 0) is 29.7 Å². The van der Waals surface area contributed by atoms with Crippen LogP contribution in [0.25, 0.3) is 0 Å². The van der Waals surface area contributed by atoms with Crippen molar-refractivity contribution in [2.75, 3.05) is 5.75 Å². The normalized spacial score (nSPS) is 26.5. The number of aliphatic hydroxyl groups is 2. The Kier molecular flexibility index (Phi) is 3.67. The summed E-state index contributed by atoms with van der Waals surface area (Å²) >= 11 is 1.90. The van der Waals surface area contributed by atoms with Crippen LogP contribution >= 0.6 is 11.8 Å². The Morgan fingerprint density at radius 1 is 1.40 bits per heavy atom. The fraction of sp³-hybridized carbons (Fsp3) is 0.500. The van der Waals surface area contributed by atoms with Crippen LogP contribution < -0.4 is 0 Å². The van der Waals surface area contributed by atoms with Crippen molar-refractivity contribution in [1.29, 1.82) is 0 Å². The van der Waals surface area contributed by atoms with E-state index in [1.54, 1.807) is 0 Å². The lowest BCUT2D eigenvalue weighted by molar-refractivity contribution is 0.157. The molecule has 0 aliphatic carbocycles. The van der Waals surface area contributed by atoms with E-state index in [1.165, 1.54) is 5.56 Å². The van der Waals surface area contributed by atoms with Gasteiger partial charge < -0.3 is 10.2 Å². The maximum absolute atomic E-state index is 9.60. The molecule has 2 atom stereocenters. The zero-order valence-electron chi connectivity index (χ0n) is 8.60. The number of benzene rings is 1. The topological polar surface area (TPSA) is 40.5 Å². The molecule has 0 bridgehead atoms. The van der Waals surface area contributed by atoms with Crippen LogP contribution in [-0.2, 0) is 6.61 Å². The monoisotopic (exact) mass is 224 g/mol. The molecule has 1 fully saturated rings. The van der Waals surface area contributed by atoms with E-state index in [4.69, 9.17) is 5.11 Å². The second-order valence-corrected chi connectivity index (χ2v) is 5.25. The molecule has 1 aromatic rings. The molecule has 1 aliphatic heterocycles. The third-order valence-corrected chi connectivity index (χ3v) is 4.10. The number of rotatable bonds is 2. The highest BCUT2D eigenvalue weighted by molar-refractivity contribution is 7.99. The predicted molar refractivity (Wildman–Crippen MR) is 62.8 cm³/mol. The van der Waals surface area contributed by atoms with Gasteiger partial charge in [0.15, 0.2) is 0 Å². The van der Waals surface area contributed by atoms with Gasteiger partial charge in [-0.1, -0.05) is 24.3 Å². The molecule has 0 saturated carbocycles. The Hall–Kier alpha value is -0.510. The van der Waals surface area contributed by atoms with E-state index in [0.717, 1.165) is 24.2 Å². The fourth-order valence-electron chi connectivity index (χ4n) is 1.90. The first kappa shape index (κ1) is 11.0. The Morgan fingerprint density at radius 3 is 3.00 bits per heavy atom. The molecule has 2 unspecified atom stereocenters. The van der Waals surface area contributed by atoms with Crippen molar-refractivity contribution in [3.8, 4) is 0 Å². The molecule has 0 amide bonds. The van der Waals surface area contributed by atoms with Crippen LogP contribution in [0.4, 0.5) is 0 Å². The van der Waals surface area contributed by atoms with Crippen molar-refractivity contribution in [3.63, 3.8) is 0 Å². The minimum absolute atomic E-state index is 0.0911. The van der Waals surface area contributed by atoms with Crippen LogP contribution in [0, 0.1) is 0 Å². The van der Waals surface area contributed by atoms with E-state index in [2.05, 4.69) is 6.07 Å². The molecule has 2 N–H and O–H groups in total. The highest BCUT2D eigenvalue weighted by Gasteiger charge is 2.21. The van der Waals surface area contributed by atoms with Gasteiger partial charge in [0.1, 0.15) is 0 Å². The first-order valence-corrected chi connectivity index (χ1v) is 6.34. The van der Waals surface area contributed by atoms with E-state index in [0.29, 0.717) is 5.25 Å². The highest BCUT2D eigenvalue weighted by Crippen LogP contribution is 2.38. The third-order valence-electron chi connectivity index (χ3n) is 2.76. The molecule has 1 aliphatic rings. The molecular weight excluding hydrogens is 208 g/mol. The lowest BCUT2D eigenvalue weighted by Crippen LogP contribution is -2.17. The van der Waals surface area contributed by atoms with Crippen molar-refractivity contribution >= 4 is 11.8 Å². The summed E-state index contributed by atoms with van der Waals surface area (Å²) in [4.78, 5) is 0. The average molecular weight is 224 g/mol. The highest BCUT2D eigenvalue weighted by atomic mass is 32.2. The Morgan fingerprint density at radius 2 is 2.27 bits per heavy atom. The van der Waals surface area contributed by atoms with Gasteiger partial charge in [0.2, 0.25) is 0 Å². The van der Waals surface area contributed by atoms with Crippen LogP contribution in [0.2, 0.25) is 0 Å². The molecule has 2 rings (SSSR count). The van der Waals surface area contributed by atoms with Crippen LogP contribution in [-0.4, -0.2) is 22.1 Å². The van der Waals surface area contributed by atoms with Crippen molar-refractivity contribution in [1.82, 2.24) is 0 Å². The van der Waals surface area contributed by atoms with Gasteiger partial charge in [0.25, 0.3) is 0 Å². The molecule has 1 saturated heterocycles. The summed E-state index contributed by atoms with van der Waals surface area (Å²) in [5.41, 5.74) is 2.18. The van der Waals surface area contributed by atoms with Crippen molar-refractivity contribution < 1.29 is 10.2 Å². The lowest BCUT2D eigenvalue weighted by atomic mass is 10.0. The fourth-order valence-corrected chi connectivity index (χ4v) is 3.29. The second kappa shape index (κ2) is 5.01. The minimum atomic E-state index is -0.158. The zero-order chi connectivity index (χ0) is 10.7. The Balaban J connectivity index is 2.13. The second-order valence-electron chi connectivity index (χ2n) is 3.94. The van der Waals surface area contributed by atoms with Crippen molar-refractivity contribution in [2.45, 2.75) is 30.8 Å². The number of hydrogen-bond donors (Lipinski definition) is 2. The van der Waals surface area contributed by atoms with Crippen LogP contribution in [0.5, 0.6) is 0 Å². The smallest absolute Gasteiger partial charge is 0.0681 e. The average Bonchev–Trinajstić information content (AvgIpc) is 2.29. The van der Waals surface area contributed by atoms with Crippen LogP contribution in [0.3, 0.4) is 0 Å². The van der Waals surface area contributed by atoms with E-state index >= 15 is 0 Å². The molecule has 2 nitrogen and oxygen atoms in total. The quantitative estimate of drug-likeness (QED) is 0.808. The number of hydrogen-bond acceptors (Lipinski definition) is 3. The summed E-state index contributed by atoms with van der Waals surface area (Å²) in [5, 5.41) is 19.1. The van der Waals surface area contributed by atoms with E-state index < -0.39 is 0 Å². The SMILES string of the molecule is OCc1cccc(C2CC(O)CCS2)c1. The Bertz CT molecular complexity index is 327. The maximum Gasteiger partial charge on any atom is 0.0681 e. The molecule has 0 spiro atoms. The minimum Gasteiger partial charge on any atom is -0.393 e. The largest absolute Gasteiger partial charge is 0.393 e. The summed E-state index contributed by atoms with van der Waals surface area (Å²) in [6.45, 7) is 0.0911. The lowest BCUT2D eigenvalue weighted by Gasteiger charge is -2.26.